The van der Waals surface area contributed by atoms with E-state index in [1.54, 1.807) is 18.3 Å². The van der Waals surface area contributed by atoms with E-state index in [-0.39, 0.29) is 5.91 Å². The van der Waals surface area contributed by atoms with Crippen LogP contribution in [-0.2, 0) is 4.74 Å². The Hall–Kier alpha value is -3.67. The van der Waals surface area contributed by atoms with E-state index < -0.39 is 5.97 Å². The Morgan fingerprint density at radius 3 is 2.45 bits per heavy atom. The van der Waals surface area contributed by atoms with Crippen LogP contribution in [-0.4, -0.2) is 30.5 Å². The summed E-state index contributed by atoms with van der Waals surface area (Å²) < 4.78 is 4.89. The van der Waals surface area contributed by atoms with Gasteiger partial charge in [-0.25, -0.2) is 4.79 Å². The lowest BCUT2D eigenvalue weighted by Crippen LogP contribution is -2.16. The van der Waals surface area contributed by atoms with Gasteiger partial charge in [0.15, 0.2) is 0 Å². The number of hydrogen-bond donors (Lipinski definition) is 2. The first-order chi connectivity index (χ1) is 15.0. The molecule has 6 heteroatoms. The number of methoxy groups -OCH3 is 1. The second-order valence-corrected chi connectivity index (χ2v) is 7.79. The van der Waals surface area contributed by atoms with E-state index in [2.05, 4.69) is 15.6 Å². The summed E-state index contributed by atoms with van der Waals surface area (Å²) in [6.07, 6.45) is 5.71. The zero-order valence-corrected chi connectivity index (χ0v) is 17.6. The molecule has 1 fully saturated rings. The normalized spacial score (nSPS) is 12.8. The van der Waals surface area contributed by atoms with Gasteiger partial charge >= 0.3 is 5.97 Å². The molecule has 2 N–H and O–H groups in total. The quantitative estimate of drug-likeness (QED) is 0.536. The van der Waals surface area contributed by atoms with Gasteiger partial charge in [0, 0.05) is 35.9 Å². The van der Waals surface area contributed by atoms with Crippen molar-refractivity contribution in [2.75, 3.05) is 24.3 Å². The highest BCUT2D eigenvalue weighted by Crippen LogP contribution is 2.32. The number of nitrogens with zero attached hydrogens (tertiary/aromatic N) is 1. The van der Waals surface area contributed by atoms with Gasteiger partial charge < -0.3 is 15.4 Å². The summed E-state index contributed by atoms with van der Waals surface area (Å²) in [5.74, 6) is -0.0627. The van der Waals surface area contributed by atoms with Gasteiger partial charge in [-0.3, -0.25) is 9.78 Å². The van der Waals surface area contributed by atoms with Crippen LogP contribution in [0.1, 0.15) is 39.1 Å². The average molecular weight is 415 g/mol. The van der Waals surface area contributed by atoms with Crippen LogP contribution in [0, 0.1) is 12.8 Å². The number of carbonyl (C=O) groups is 2. The minimum atomic E-state index is -0.447. The molecule has 1 aromatic heterocycles. The molecule has 4 rings (SSSR count). The molecule has 1 aliphatic carbocycles. The summed E-state index contributed by atoms with van der Waals surface area (Å²) in [7, 11) is 1.35. The predicted molar refractivity (Wildman–Crippen MR) is 121 cm³/mol. The number of esters is 1. The third-order valence-corrected chi connectivity index (χ3v) is 5.46. The number of nitrogens with one attached hydrogen (secondary N) is 2. The molecule has 6 nitrogen and oxygen atoms in total. The number of rotatable bonds is 7. The van der Waals surface area contributed by atoms with E-state index in [1.165, 1.54) is 26.1 Å². The minimum Gasteiger partial charge on any atom is -0.465 e. The second kappa shape index (κ2) is 9.00. The Bertz CT molecular complexity index is 1110. The number of ether oxygens (including phenoxy) is 1. The first kappa shape index (κ1) is 20.6. The third kappa shape index (κ3) is 4.91. The minimum absolute atomic E-state index is 0.288. The smallest absolute Gasteiger partial charge is 0.337 e. The second-order valence-electron chi connectivity index (χ2n) is 7.79. The van der Waals surface area contributed by atoms with Crippen molar-refractivity contribution in [3.05, 3.63) is 77.6 Å². The van der Waals surface area contributed by atoms with Gasteiger partial charge in [-0.2, -0.15) is 0 Å². The molecule has 0 unspecified atom stereocenters. The summed E-state index contributed by atoms with van der Waals surface area (Å²) in [6.45, 7) is 2.77. The number of aromatic nitrogens is 1. The summed E-state index contributed by atoms with van der Waals surface area (Å²) in [5.41, 5.74) is 4.93. The third-order valence-electron chi connectivity index (χ3n) is 5.46. The highest BCUT2D eigenvalue weighted by atomic mass is 16.5. The fraction of sp³-hybridized carbons (Fsp3) is 0.240. The molecule has 1 heterocycles. The monoisotopic (exact) mass is 415 g/mol. The van der Waals surface area contributed by atoms with E-state index in [0.29, 0.717) is 22.7 Å². The Balaban J connectivity index is 1.61. The molecule has 0 radical (unpaired) electrons. The maximum Gasteiger partial charge on any atom is 0.337 e. The average Bonchev–Trinajstić information content (AvgIpc) is 3.64. The van der Waals surface area contributed by atoms with Crippen LogP contribution in [0.5, 0.6) is 0 Å². The van der Waals surface area contributed by atoms with Crippen LogP contribution in [0.25, 0.3) is 11.1 Å². The van der Waals surface area contributed by atoms with Crippen LogP contribution >= 0.6 is 0 Å². The molecule has 2 aromatic carbocycles. The van der Waals surface area contributed by atoms with Crippen molar-refractivity contribution in [3.8, 4) is 11.1 Å². The van der Waals surface area contributed by atoms with Crippen molar-refractivity contribution in [2.24, 2.45) is 5.92 Å². The fourth-order valence-electron chi connectivity index (χ4n) is 3.39. The van der Waals surface area contributed by atoms with Gasteiger partial charge in [0.2, 0.25) is 0 Å². The number of carbonyl (C=O) groups excluding carboxylic acids is 2. The SMILES string of the molecule is COC(=O)c1cc(NCC2CC2)c(C)c(NC(=O)c2cncc(-c3ccccc3)c2)c1. The Morgan fingerprint density at radius 1 is 1.00 bits per heavy atom. The van der Waals surface area contributed by atoms with Crippen molar-refractivity contribution >= 4 is 23.3 Å². The first-order valence-corrected chi connectivity index (χ1v) is 10.3. The largest absolute Gasteiger partial charge is 0.465 e. The van der Waals surface area contributed by atoms with Crippen molar-refractivity contribution in [2.45, 2.75) is 19.8 Å². The van der Waals surface area contributed by atoms with Crippen LogP contribution in [0.2, 0.25) is 0 Å². The molecule has 0 bridgehead atoms. The molecule has 3 aromatic rings. The molecule has 0 spiro atoms. The number of amides is 1. The number of benzene rings is 2. The summed E-state index contributed by atoms with van der Waals surface area (Å²) >= 11 is 0. The van der Waals surface area contributed by atoms with E-state index in [1.807, 2.05) is 43.3 Å². The molecule has 1 saturated carbocycles. The lowest BCUT2D eigenvalue weighted by molar-refractivity contribution is 0.0600. The van der Waals surface area contributed by atoms with Crippen molar-refractivity contribution in [1.82, 2.24) is 4.98 Å². The van der Waals surface area contributed by atoms with Crippen LogP contribution < -0.4 is 10.6 Å². The molecule has 31 heavy (non-hydrogen) atoms. The first-order valence-electron chi connectivity index (χ1n) is 10.3. The molecule has 0 aliphatic heterocycles. The van der Waals surface area contributed by atoms with Crippen LogP contribution in [0.4, 0.5) is 11.4 Å². The molecule has 1 amide bonds. The predicted octanol–water partition coefficient (Wildman–Crippen LogP) is 4.92. The standard InChI is InChI=1S/C25H25N3O3/c1-16-22(27-13-17-8-9-17)11-19(25(30)31-2)12-23(16)28-24(29)21-10-20(14-26-15-21)18-6-4-3-5-7-18/h3-7,10-12,14-15,17,27H,8-9,13H2,1-2H3,(H,28,29). The topological polar surface area (TPSA) is 80.3 Å². The molecular weight excluding hydrogens is 390 g/mol. The van der Waals surface area contributed by atoms with E-state index >= 15 is 0 Å². The molecule has 0 saturated heterocycles. The van der Waals surface area contributed by atoms with E-state index in [4.69, 9.17) is 4.74 Å². The van der Waals surface area contributed by atoms with Gasteiger partial charge in [-0.15, -0.1) is 0 Å². The zero-order valence-electron chi connectivity index (χ0n) is 17.6. The van der Waals surface area contributed by atoms with E-state index in [0.717, 1.165) is 28.9 Å². The van der Waals surface area contributed by atoms with Gasteiger partial charge in [-0.05, 0) is 55.0 Å². The van der Waals surface area contributed by atoms with Crippen molar-refractivity contribution in [3.63, 3.8) is 0 Å². The summed E-state index contributed by atoms with van der Waals surface area (Å²) in [4.78, 5) is 29.4. The molecule has 158 valence electrons. The number of anilines is 2. The molecular formula is C25H25N3O3. The summed E-state index contributed by atoms with van der Waals surface area (Å²) in [5, 5.41) is 6.35. The summed E-state index contributed by atoms with van der Waals surface area (Å²) in [6, 6.07) is 15.0. The highest BCUT2D eigenvalue weighted by Gasteiger charge is 2.22. The Morgan fingerprint density at radius 2 is 1.74 bits per heavy atom. The van der Waals surface area contributed by atoms with Gasteiger partial charge in [0.25, 0.3) is 5.91 Å². The van der Waals surface area contributed by atoms with Gasteiger partial charge in [0.1, 0.15) is 0 Å². The lowest BCUT2D eigenvalue weighted by atomic mass is 10.0. The number of pyridine rings is 1. The Labute approximate surface area is 181 Å². The van der Waals surface area contributed by atoms with Gasteiger partial charge in [-0.1, -0.05) is 30.3 Å². The lowest BCUT2D eigenvalue weighted by Gasteiger charge is -2.16. The highest BCUT2D eigenvalue weighted by molar-refractivity contribution is 6.06. The fourth-order valence-corrected chi connectivity index (χ4v) is 3.39. The number of hydrogen-bond acceptors (Lipinski definition) is 5. The van der Waals surface area contributed by atoms with Crippen molar-refractivity contribution in [1.29, 1.82) is 0 Å². The van der Waals surface area contributed by atoms with Crippen LogP contribution in [0.15, 0.2) is 60.9 Å². The van der Waals surface area contributed by atoms with Crippen molar-refractivity contribution < 1.29 is 14.3 Å². The molecule has 0 atom stereocenters. The van der Waals surface area contributed by atoms with Crippen LogP contribution in [0.3, 0.4) is 0 Å². The maximum atomic E-state index is 13.0. The molecule has 1 aliphatic rings. The van der Waals surface area contributed by atoms with Gasteiger partial charge in [0.05, 0.1) is 18.2 Å². The zero-order chi connectivity index (χ0) is 21.8. The maximum absolute atomic E-state index is 13.0. The Kier molecular flexibility index (Phi) is 5.98. The van der Waals surface area contributed by atoms with E-state index in [9.17, 15) is 9.59 Å².